The van der Waals surface area contributed by atoms with Gasteiger partial charge in [-0.25, -0.2) is 13.1 Å². The van der Waals surface area contributed by atoms with Gasteiger partial charge in [0.05, 0.1) is 18.4 Å². The van der Waals surface area contributed by atoms with Gasteiger partial charge in [-0.1, -0.05) is 19.3 Å². The molecular formula is C11H22N2O3S. The summed E-state index contributed by atoms with van der Waals surface area (Å²) in [5.41, 5.74) is 0. The smallest absolute Gasteiger partial charge is 0.209 e. The molecule has 2 aliphatic rings. The fourth-order valence-electron chi connectivity index (χ4n) is 2.95. The Morgan fingerprint density at radius 3 is 2.41 bits per heavy atom. The van der Waals surface area contributed by atoms with E-state index >= 15 is 0 Å². The largest absolute Gasteiger partial charge is 0.390 e. The Labute approximate surface area is 103 Å². The third kappa shape index (κ3) is 3.64. The van der Waals surface area contributed by atoms with E-state index in [0.717, 1.165) is 6.26 Å². The molecule has 0 unspecified atom stereocenters. The highest BCUT2D eigenvalue weighted by molar-refractivity contribution is 7.88. The number of β-amino-alcohol motifs (C(OH)–C–C–N with tert-alkyl or cyclic N) is 1. The molecule has 5 nitrogen and oxygen atoms in total. The molecule has 1 heterocycles. The Hall–Kier alpha value is -0.170. The predicted molar refractivity (Wildman–Crippen MR) is 66.2 cm³/mol. The Kier molecular flexibility index (Phi) is 4.07. The number of nitrogens with one attached hydrogen (secondary N) is 1. The molecule has 100 valence electrons. The van der Waals surface area contributed by atoms with E-state index in [1.165, 1.54) is 32.1 Å². The monoisotopic (exact) mass is 262 g/mol. The van der Waals surface area contributed by atoms with Crippen molar-refractivity contribution in [2.75, 3.05) is 19.3 Å². The Morgan fingerprint density at radius 1 is 1.18 bits per heavy atom. The molecule has 0 radical (unpaired) electrons. The fraction of sp³-hybridized carbons (Fsp3) is 1.00. The van der Waals surface area contributed by atoms with E-state index in [1.807, 2.05) is 0 Å². The Bertz CT molecular complexity index is 352. The number of nitrogens with zero attached hydrogens (tertiary/aromatic N) is 1. The molecule has 0 aromatic rings. The predicted octanol–water partition coefficient (Wildman–Crippen LogP) is -0.0866. The molecule has 2 N–H and O–H groups in total. The second-order valence-corrected chi connectivity index (χ2v) is 7.09. The second-order valence-electron chi connectivity index (χ2n) is 5.31. The minimum absolute atomic E-state index is 0.341. The molecule has 2 fully saturated rings. The van der Waals surface area contributed by atoms with Crippen LogP contribution in [0, 0.1) is 0 Å². The van der Waals surface area contributed by atoms with E-state index < -0.39 is 16.1 Å². The molecule has 0 aromatic carbocycles. The van der Waals surface area contributed by atoms with E-state index in [-0.39, 0.29) is 6.04 Å². The van der Waals surface area contributed by atoms with Crippen LogP contribution in [0.5, 0.6) is 0 Å². The summed E-state index contributed by atoms with van der Waals surface area (Å²) in [5.74, 6) is 0. The van der Waals surface area contributed by atoms with Gasteiger partial charge >= 0.3 is 0 Å². The van der Waals surface area contributed by atoms with Crippen LogP contribution in [0.1, 0.15) is 32.1 Å². The molecule has 2 atom stereocenters. The Morgan fingerprint density at radius 2 is 1.82 bits per heavy atom. The van der Waals surface area contributed by atoms with Crippen molar-refractivity contribution in [2.24, 2.45) is 0 Å². The lowest BCUT2D eigenvalue weighted by molar-refractivity contribution is 0.137. The number of hydrogen-bond acceptors (Lipinski definition) is 4. The summed E-state index contributed by atoms with van der Waals surface area (Å²) in [4.78, 5) is 2.24. The fourth-order valence-corrected chi connectivity index (χ4v) is 3.73. The number of sulfonamides is 1. The van der Waals surface area contributed by atoms with Gasteiger partial charge in [0.15, 0.2) is 0 Å². The number of hydrogen-bond donors (Lipinski definition) is 2. The molecule has 1 aliphatic carbocycles. The molecule has 0 amide bonds. The van der Waals surface area contributed by atoms with Gasteiger partial charge in [0, 0.05) is 19.1 Å². The molecule has 0 spiro atoms. The van der Waals surface area contributed by atoms with Crippen LogP contribution in [0.2, 0.25) is 0 Å². The lowest BCUT2D eigenvalue weighted by atomic mass is 9.94. The first-order valence-corrected chi connectivity index (χ1v) is 8.24. The molecule has 0 bridgehead atoms. The maximum atomic E-state index is 11.2. The highest BCUT2D eigenvalue weighted by atomic mass is 32.2. The van der Waals surface area contributed by atoms with Gasteiger partial charge in [0.25, 0.3) is 0 Å². The summed E-state index contributed by atoms with van der Waals surface area (Å²) in [7, 11) is -3.23. The number of rotatable bonds is 3. The normalized spacial score (nSPS) is 33.1. The summed E-state index contributed by atoms with van der Waals surface area (Å²) >= 11 is 0. The summed E-state index contributed by atoms with van der Waals surface area (Å²) in [6.45, 7) is 1.23. The van der Waals surface area contributed by atoms with Crippen molar-refractivity contribution >= 4 is 10.0 Å². The summed E-state index contributed by atoms with van der Waals surface area (Å²) in [5, 5.41) is 9.88. The van der Waals surface area contributed by atoms with Crippen LogP contribution < -0.4 is 4.72 Å². The third-order valence-electron chi connectivity index (χ3n) is 3.77. The topological polar surface area (TPSA) is 69.6 Å². The van der Waals surface area contributed by atoms with Gasteiger partial charge in [0.2, 0.25) is 10.0 Å². The van der Waals surface area contributed by atoms with E-state index in [2.05, 4.69) is 9.62 Å². The quantitative estimate of drug-likeness (QED) is 0.746. The average molecular weight is 262 g/mol. The number of aliphatic hydroxyl groups is 1. The van der Waals surface area contributed by atoms with Crippen LogP contribution in [-0.4, -0.2) is 56.0 Å². The van der Waals surface area contributed by atoms with Crippen molar-refractivity contribution in [3.8, 4) is 0 Å². The van der Waals surface area contributed by atoms with Gasteiger partial charge < -0.3 is 5.11 Å². The van der Waals surface area contributed by atoms with E-state index in [1.54, 1.807) is 0 Å². The summed E-state index contributed by atoms with van der Waals surface area (Å²) < 4.78 is 24.9. The maximum absolute atomic E-state index is 11.2. The number of aliphatic hydroxyl groups excluding tert-OH is 1. The standard InChI is InChI=1S/C11H22N2O3S/c1-17(15,16)12-10-7-13(8-11(10)14)9-5-3-2-4-6-9/h9-12,14H,2-8H2,1H3/t10-,11-/m1/s1. The van der Waals surface area contributed by atoms with Crippen LogP contribution >= 0.6 is 0 Å². The molecular weight excluding hydrogens is 240 g/mol. The SMILES string of the molecule is CS(=O)(=O)N[C@@H]1CN(C2CCCCC2)C[C@H]1O. The zero-order valence-electron chi connectivity index (χ0n) is 10.3. The van der Waals surface area contributed by atoms with Gasteiger partial charge in [-0.2, -0.15) is 0 Å². The second kappa shape index (κ2) is 5.22. The molecule has 1 saturated carbocycles. The van der Waals surface area contributed by atoms with Gasteiger partial charge in [-0.15, -0.1) is 0 Å². The van der Waals surface area contributed by atoms with Gasteiger partial charge in [0.1, 0.15) is 0 Å². The van der Waals surface area contributed by atoms with Gasteiger partial charge in [-0.3, -0.25) is 4.90 Å². The highest BCUT2D eigenvalue weighted by Crippen LogP contribution is 2.25. The van der Waals surface area contributed by atoms with Crippen molar-refractivity contribution in [3.05, 3.63) is 0 Å². The summed E-state index contributed by atoms with van der Waals surface area (Å²) in [6, 6.07) is 0.191. The summed E-state index contributed by atoms with van der Waals surface area (Å²) in [6.07, 6.45) is 6.73. The van der Waals surface area contributed by atoms with Crippen LogP contribution in [0.15, 0.2) is 0 Å². The average Bonchev–Trinajstić information content (AvgIpc) is 2.59. The van der Waals surface area contributed by atoms with E-state index in [4.69, 9.17) is 0 Å². The molecule has 0 aromatic heterocycles. The first-order valence-electron chi connectivity index (χ1n) is 6.35. The lowest BCUT2D eigenvalue weighted by Gasteiger charge is -2.30. The van der Waals surface area contributed by atoms with Crippen molar-refractivity contribution in [2.45, 2.75) is 50.3 Å². The first kappa shape index (κ1) is 13.3. The molecule has 2 rings (SSSR count). The van der Waals surface area contributed by atoms with Crippen LogP contribution in [0.25, 0.3) is 0 Å². The van der Waals surface area contributed by atoms with Crippen molar-refractivity contribution < 1.29 is 13.5 Å². The molecule has 6 heteroatoms. The first-order chi connectivity index (χ1) is 7.96. The molecule has 17 heavy (non-hydrogen) atoms. The Balaban J connectivity index is 1.92. The highest BCUT2D eigenvalue weighted by Gasteiger charge is 2.36. The van der Waals surface area contributed by atoms with Crippen LogP contribution in [0.3, 0.4) is 0 Å². The zero-order valence-corrected chi connectivity index (χ0v) is 11.1. The van der Waals surface area contributed by atoms with Crippen molar-refractivity contribution in [1.29, 1.82) is 0 Å². The molecule has 1 saturated heterocycles. The van der Waals surface area contributed by atoms with Gasteiger partial charge in [-0.05, 0) is 12.8 Å². The number of likely N-dealkylation sites (tertiary alicyclic amines) is 1. The van der Waals surface area contributed by atoms with Crippen molar-refractivity contribution in [3.63, 3.8) is 0 Å². The van der Waals surface area contributed by atoms with E-state index in [0.29, 0.717) is 19.1 Å². The lowest BCUT2D eigenvalue weighted by Crippen LogP contribution is -2.42. The van der Waals surface area contributed by atoms with E-state index in [9.17, 15) is 13.5 Å². The third-order valence-corrected chi connectivity index (χ3v) is 4.50. The minimum Gasteiger partial charge on any atom is -0.390 e. The minimum atomic E-state index is -3.23. The van der Waals surface area contributed by atoms with Crippen molar-refractivity contribution in [1.82, 2.24) is 9.62 Å². The van der Waals surface area contributed by atoms with Crippen LogP contribution in [0.4, 0.5) is 0 Å². The maximum Gasteiger partial charge on any atom is 0.209 e. The molecule has 1 aliphatic heterocycles. The zero-order chi connectivity index (χ0) is 12.5. The van der Waals surface area contributed by atoms with Crippen LogP contribution in [-0.2, 0) is 10.0 Å².